The Morgan fingerprint density at radius 3 is 2.91 bits per heavy atom. The van der Waals surface area contributed by atoms with E-state index in [1.54, 1.807) is 12.2 Å². The van der Waals surface area contributed by atoms with Gasteiger partial charge >= 0.3 is 0 Å². The van der Waals surface area contributed by atoms with Crippen molar-refractivity contribution in [1.82, 2.24) is 5.32 Å². The second-order valence-corrected chi connectivity index (χ2v) is 5.58. The number of rotatable bonds is 6. The van der Waals surface area contributed by atoms with Gasteiger partial charge in [-0.2, -0.15) is 0 Å². The number of hydrogen-bond donors (Lipinski definition) is 1. The molecule has 2 rings (SSSR count). The lowest BCUT2D eigenvalue weighted by Crippen LogP contribution is -2.22. The number of carbonyl (C=O) groups excluding carboxylic acids is 2. The highest BCUT2D eigenvalue weighted by molar-refractivity contribution is 8.14. The number of benzene rings is 1. The minimum absolute atomic E-state index is 0.0410. The fraction of sp³-hybridized carbons (Fsp3) is 0.250. The molecule has 1 N–H and O–H groups in total. The van der Waals surface area contributed by atoms with Crippen molar-refractivity contribution in [3.63, 3.8) is 0 Å². The second kappa shape index (κ2) is 8.29. The Kier molecular flexibility index (Phi) is 6.09. The van der Waals surface area contributed by atoms with E-state index in [1.807, 2.05) is 24.3 Å². The highest BCUT2D eigenvalue weighted by Crippen LogP contribution is 2.32. The molecule has 0 aromatic heterocycles. The van der Waals surface area contributed by atoms with Gasteiger partial charge in [0.25, 0.3) is 0 Å². The molecule has 0 atom stereocenters. The highest BCUT2D eigenvalue weighted by atomic mass is 32.2. The van der Waals surface area contributed by atoms with Crippen LogP contribution < -0.4 is 14.8 Å². The molecule has 0 radical (unpaired) electrons. The number of thioether (sulfide) groups is 1. The predicted octanol–water partition coefficient (Wildman–Crippen LogP) is 2.38. The van der Waals surface area contributed by atoms with Crippen molar-refractivity contribution in [3.8, 4) is 11.5 Å². The summed E-state index contributed by atoms with van der Waals surface area (Å²) >= 11 is 1.17. The molecular formula is C16H17NO4S. The minimum Gasteiger partial charge on any atom is -0.454 e. The van der Waals surface area contributed by atoms with Gasteiger partial charge in [0, 0.05) is 19.2 Å². The number of carbonyl (C=O) groups is 2. The lowest BCUT2D eigenvalue weighted by molar-refractivity contribution is -0.118. The minimum atomic E-state index is -0.0877. The summed E-state index contributed by atoms with van der Waals surface area (Å²) in [5.74, 6) is 1.96. The Morgan fingerprint density at radius 2 is 2.09 bits per heavy atom. The molecule has 0 bridgehead atoms. The van der Waals surface area contributed by atoms with Gasteiger partial charge in [0.2, 0.25) is 17.8 Å². The summed E-state index contributed by atoms with van der Waals surface area (Å²) in [6, 6.07) is 5.66. The predicted molar refractivity (Wildman–Crippen MR) is 86.9 cm³/mol. The molecule has 1 aliphatic heterocycles. The molecule has 0 saturated carbocycles. The zero-order chi connectivity index (χ0) is 15.8. The molecule has 22 heavy (non-hydrogen) atoms. The van der Waals surface area contributed by atoms with Crippen LogP contribution in [0.4, 0.5) is 0 Å². The van der Waals surface area contributed by atoms with Crippen LogP contribution >= 0.6 is 11.8 Å². The monoisotopic (exact) mass is 319 g/mol. The van der Waals surface area contributed by atoms with Crippen LogP contribution in [-0.4, -0.2) is 30.1 Å². The van der Waals surface area contributed by atoms with E-state index in [9.17, 15) is 9.59 Å². The van der Waals surface area contributed by atoms with E-state index < -0.39 is 0 Å². The quantitative estimate of drug-likeness (QED) is 0.495. The third-order valence-electron chi connectivity index (χ3n) is 2.75. The van der Waals surface area contributed by atoms with Crippen LogP contribution in [0.5, 0.6) is 11.5 Å². The Labute approximate surface area is 133 Å². The van der Waals surface area contributed by atoms with Crippen LogP contribution in [0.1, 0.15) is 12.5 Å². The molecule has 0 saturated heterocycles. The third kappa shape index (κ3) is 5.29. The average molecular weight is 319 g/mol. The highest BCUT2D eigenvalue weighted by Gasteiger charge is 2.11. The standard InChI is InChI=1S/C16H17NO4S/c1-12(18)17-8-9-22-16(19)5-3-2-4-13-6-7-14-15(10-13)21-11-20-14/h2-7,10H,8-9,11H2,1H3,(H,17,18)/b4-2+,5-3+. The summed E-state index contributed by atoms with van der Waals surface area (Å²) in [4.78, 5) is 22.2. The molecule has 5 nitrogen and oxygen atoms in total. The van der Waals surface area contributed by atoms with Crippen LogP contribution in [0.3, 0.4) is 0 Å². The Hall–Kier alpha value is -2.21. The van der Waals surface area contributed by atoms with E-state index >= 15 is 0 Å². The van der Waals surface area contributed by atoms with Crippen molar-refractivity contribution < 1.29 is 19.1 Å². The van der Waals surface area contributed by atoms with Crippen molar-refractivity contribution >= 4 is 28.9 Å². The van der Waals surface area contributed by atoms with Gasteiger partial charge in [0.05, 0.1) is 0 Å². The van der Waals surface area contributed by atoms with Gasteiger partial charge in [0.1, 0.15) is 0 Å². The number of hydrogen-bond acceptors (Lipinski definition) is 5. The maximum atomic E-state index is 11.5. The fourth-order valence-electron chi connectivity index (χ4n) is 1.74. The normalized spacial score (nSPS) is 13.0. The third-order valence-corrected chi connectivity index (χ3v) is 3.58. The van der Waals surface area contributed by atoms with E-state index in [4.69, 9.17) is 9.47 Å². The summed E-state index contributed by atoms with van der Waals surface area (Å²) in [5, 5.41) is 2.60. The number of amides is 1. The van der Waals surface area contributed by atoms with E-state index in [0.717, 1.165) is 17.1 Å². The first-order valence-corrected chi connectivity index (χ1v) is 7.79. The van der Waals surface area contributed by atoms with Gasteiger partial charge in [-0.1, -0.05) is 36.1 Å². The Bertz CT molecular complexity index is 610. The van der Waals surface area contributed by atoms with Crippen LogP contribution in [-0.2, 0) is 9.59 Å². The van der Waals surface area contributed by atoms with Gasteiger partial charge < -0.3 is 14.8 Å². The molecule has 1 aromatic carbocycles. The van der Waals surface area contributed by atoms with E-state index in [2.05, 4.69) is 5.32 Å². The van der Waals surface area contributed by atoms with Crippen LogP contribution in [0.15, 0.2) is 36.4 Å². The zero-order valence-corrected chi connectivity index (χ0v) is 13.0. The van der Waals surface area contributed by atoms with E-state index in [-0.39, 0.29) is 17.8 Å². The number of allylic oxidation sites excluding steroid dienone is 2. The summed E-state index contributed by atoms with van der Waals surface area (Å²) in [6.45, 7) is 2.20. The Morgan fingerprint density at radius 1 is 1.27 bits per heavy atom. The smallest absolute Gasteiger partial charge is 0.231 e. The summed E-state index contributed by atoms with van der Waals surface area (Å²) in [5.41, 5.74) is 0.972. The summed E-state index contributed by atoms with van der Waals surface area (Å²) < 4.78 is 10.5. The molecule has 1 heterocycles. The molecular weight excluding hydrogens is 302 g/mol. The topological polar surface area (TPSA) is 64.6 Å². The molecule has 1 amide bonds. The molecule has 0 spiro atoms. The first-order chi connectivity index (χ1) is 10.6. The Balaban J connectivity index is 1.74. The van der Waals surface area contributed by atoms with Crippen LogP contribution in [0.25, 0.3) is 6.08 Å². The number of fused-ring (bicyclic) bond motifs is 1. The van der Waals surface area contributed by atoms with Crippen molar-refractivity contribution in [1.29, 1.82) is 0 Å². The van der Waals surface area contributed by atoms with Crippen molar-refractivity contribution in [3.05, 3.63) is 42.0 Å². The number of ether oxygens (including phenoxy) is 2. The first kappa shape index (κ1) is 16.2. The van der Waals surface area contributed by atoms with Gasteiger partial charge in [-0.25, -0.2) is 0 Å². The summed E-state index contributed by atoms with van der Waals surface area (Å²) in [7, 11) is 0. The van der Waals surface area contributed by atoms with Crippen molar-refractivity contribution in [2.24, 2.45) is 0 Å². The lowest BCUT2D eigenvalue weighted by atomic mass is 10.2. The molecule has 1 aliphatic rings. The molecule has 116 valence electrons. The van der Waals surface area contributed by atoms with Crippen molar-refractivity contribution in [2.45, 2.75) is 6.92 Å². The van der Waals surface area contributed by atoms with Gasteiger partial charge in [-0.05, 0) is 23.8 Å². The van der Waals surface area contributed by atoms with Crippen LogP contribution in [0.2, 0.25) is 0 Å². The van der Waals surface area contributed by atoms with Gasteiger partial charge in [0.15, 0.2) is 11.5 Å². The lowest BCUT2D eigenvalue weighted by Gasteiger charge is -1.98. The molecule has 6 heteroatoms. The average Bonchev–Trinajstić information content (AvgIpc) is 2.95. The largest absolute Gasteiger partial charge is 0.454 e. The summed E-state index contributed by atoms with van der Waals surface area (Å²) in [6.07, 6.45) is 6.87. The molecule has 0 fully saturated rings. The van der Waals surface area contributed by atoms with Gasteiger partial charge in [-0.15, -0.1) is 0 Å². The molecule has 1 aromatic rings. The van der Waals surface area contributed by atoms with Gasteiger partial charge in [-0.3, -0.25) is 9.59 Å². The van der Waals surface area contributed by atoms with E-state index in [0.29, 0.717) is 12.3 Å². The molecule has 0 aliphatic carbocycles. The number of nitrogens with one attached hydrogen (secondary N) is 1. The first-order valence-electron chi connectivity index (χ1n) is 6.81. The molecule has 0 unspecified atom stereocenters. The van der Waals surface area contributed by atoms with E-state index in [1.165, 1.54) is 24.8 Å². The zero-order valence-electron chi connectivity index (χ0n) is 12.2. The maximum Gasteiger partial charge on any atom is 0.231 e. The maximum absolute atomic E-state index is 11.5. The fourth-order valence-corrected chi connectivity index (χ4v) is 2.32. The SMILES string of the molecule is CC(=O)NCCSC(=O)/C=C/C=C/c1ccc2c(c1)OCO2. The van der Waals surface area contributed by atoms with Crippen molar-refractivity contribution in [2.75, 3.05) is 19.1 Å². The second-order valence-electron chi connectivity index (χ2n) is 4.48. The van der Waals surface area contributed by atoms with Crippen LogP contribution in [0, 0.1) is 0 Å².